The van der Waals surface area contributed by atoms with Crippen LogP contribution in [0.4, 0.5) is 9.52 Å². The number of hydrogen-bond donors (Lipinski definition) is 1. The van der Waals surface area contributed by atoms with Gasteiger partial charge in [-0.05, 0) is 42.7 Å². The van der Waals surface area contributed by atoms with Crippen molar-refractivity contribution in [3.63, 3.8) is 0 Å². The topological polar surface area (TPSA) is 42.0 Å². The van der Waals surface area contributed by atoms with E-state index in [0.717, 1.165) is 33.9 Å². The Kier molecular flexibility index (Phi) is 5.60. The minimum atomic E-state index is -0.243. The summed E-state index contributed by atoms with van der Waals surface area (Å²) in [7, 11) is 0. The van der Waals surface area contributed by atoms with Crippen LogP contribution in [0.5, 0.6) is 0 Å². The molecule has 0 saturated heterocycles. The number of benzene rings is 1. The van der Waals surface area contributed by atoms with Crippen LogP contribution in [0.1, 0.15) is 26.7 Å². The van der Waals surface area contributed by atoms with Crippen LogP contribution in [0.15, 0.2) is 41.8 Å². The van der Waals surface area contributed by atoms with Gasteiger partial charge >= 0.3 is 0 Å². The average Bonchev–Trinajstić information content (AvgIpc) is 3.25. The van der Waals surface area contributed by atoms with Crippen LogP contribution < -0.4 is 5.32 Å². The molecule has 1 amide bonds. The molecule has 0 atom stereocenters. The van der Waals surface area contributed by atoms with Crippen molar-refractivity contribution in [2.45, 2.75) is 26.7 Å². The molecule has 3 nitrogen and oxygen atoms in total. The minimum Gasteiger partial charge on any atom is -0.302 e. The summed E-state index contributed by atoms with van der Waals surface area (Å²) >= 11 is 2.98. The number of thiazole rings is 1. The normalized spacial score (nSPS) is 11.0. The number of carbonyl (C=O) groups is 1. The van der Waals surface area contributed by atoms with Crippen LogP contribution in [-0.4, -0.2) is 10.9 Å². The van der Waals surface area contributed by atoms with Gasteiger partial charge in [-0.15, -0.1) is 22.7 Å². The Bertz CT molecular complexity index is 868. The quantitative estimate of drug-likeness (QED) is 0.570. The number of thiophene rings is 1. The van der Waals surface area contributed by atoms with Crippen molar-refractivity contribution >= 4 is 33.7 Å². The zero-order valence-electron chi connectivity index (χ0n) is 14.1. The summed E-state index contributed by atoms with van der Waals surface area (Å²) in [6.07, 6.45) is 1.64. The summed E-state index contributed by atoms with van der Waals surface area (Å²) in [4.78, 5) is 18.7. The third-order valence-electron chi connectivity index (χ3n) is 4.06. The summed E-state index contributed by atoms with van der Waals surface area (Å²) in [5.41, 5.74) is 1.69. The van der Waals surface area contributed by atoms with E-state index in [1.165, 1.54) is 23.5 Å². The molecular formula is C19H19FN2OS2. The highest BCUT2D eigenvalue weighted by molar-refractivity contribution is 7.19. The number of amides is 1. The molecule has 25 heavy (non-hydrogen) atoms. The van der Waals surface area contributed by atoms with E-state index in [9.17, 15) is 9.18 Å². The summed E-state index contributed by atoms with van der Waals surface area (Å²) < 4.78 is 13.4. The zero-order chi connectivity index (χ0) is 17.8. The third kappa shape index (κ3) is 4.14. The molecule has 0 aliphatic carbocycles. The molecule has 0 radical (unpaired) electrons. The molecule has 6 heteroatoms. The average molecular weight is 375 g/mol. The fourth-order valence-corrected chi connectivity index (χ4v) is 4.33. The van der Waals surface area contributed by atoms with Gasteiger partial charge in [0.1, 0.15) is 5.82 Å². The molecule has 0 spiro atoms. The van der Waals surface area contributed by atoms with Gasteiger partial charge < -0.3 is 5.32 Å². The molecule has 0 bridgehead atoms. The highest BCUT2D eigenvalue weighted by atomic mass is 32.1. The number of carbonyl (C=O) groups excluding carboxylic acids is 1. The first-order chi connectivity index (χ1) is 12.1. The van der Waals surface area contributed by atoms with Crippen molar-refractivity contribution in [2.75, 3.05) is 5.32 Å². The Balaban J connectivity index is 1.76. The van der Waals surface area contributed by atoms with E-state index in [2.05, 4.69) is 10.3 Å². The lowest BCUT2D eigenvalue weighted by molar-refractivity contribution is -0.120. The van der Waals surface area contributed by atoms with Gasteiger partial charge in [-0.1, -0.05) is 26.0 Å². The number of halogens is 1. The SMILES string of the molecule is CCC(CC)C(=O)Nc1nc(-c2ccc(-c3cccc(F)c3)s2)cs1. The molecule has 0 aliphatic heterocycles. The fourth-order valence-electron chi connectivity index (χ4n) is 2.58. The highest BCUT2D eigenvalue weighted by Crippen LogP contribution is 2.35. The van der Waals surface area contributed by atoms with Crippen LogP contribution in [0.25, 0.3) is 21.0 Å². The molecule has 3 aromatic rings. The van der Waals surface area contributed by atoms with E-state index in [-0.39, 0.29) is 17.6 Å². The van der Waals surface area contributed by atoms with Gasteiger partial charge in [0, 0.05) is 16.2 Å². The van der Waals surface area contributed by atoms with Crippen molar-refractivity contribution in [3.8, 4) is 21.0 Å². The number of hydrogen-bond acceptors (Lipinski definition) is 4. The molecule has 2 aromatic heterocycles. The van der Waals surface area contributed by atoms with Crippen LogP contribution in [0, 0.1) is 11.7 Å². The van der Waals surface area contributed by atoms with Gasteiger partial charge in [-0.3, -0.25) is 4.79 Å². The van der Waals surface area contributed by atoms with Gasteiger partial charge in [0.25, 0.3) is 0 Å². The van der Waals surface area contributed by atoms with Crippen molar-refractivity contribution in [1.29, 1.82) is 0 Å². The van der Waals surface area contributed by atoms with E-state index in [4.69, 9.17) is 0 Å². The molecule has 1 N–H and O–H groups in total. The summed E-state index contributed by atoms with van der Waals surface area (Å²) in [6.45, 7) is 4.03. The molecule has 1 aromatic carbocycles. The lowest BCUT2D eigenvalue weighted by Gasteiger charge is -2.10. The first-order valence-corrected chi connectivity index (χ1v) is 9.92. The number of rotatable bonds is 6. The lowest BCUT2D eigenvalue weighted by Crippen LogP contribution is -2.21. The van der Waals surface area contributed by atoms with Crippen LogP contribution >= 0.6 is 22.7 Å². The van der Waals surface area contributed by atoms with E-state index in [1.54, 1.807) is 17.4 Å². The lowest BCUT2D eigenvalue weighted by atomic mass is 10.0. The predicted octanol–water partition coefficient (Wildman–Crippen LogP) is 6.05. The van der Waals surface area contributed by atoms with E-state index in [0.29, 0.717) is 5.13 Å². The molecule has 130 valence electrons. The van der Waals surface area contributed by atoms with Gasteiger partial charge in [-0.2, -0.15) is 0 Å². The monoisotopic (exact) mass is 374 g/mol. The molecule has 0 aliphatic rings. The van der Waals surface area contributed by atoms with Crippen LogP contribution in [0.2, 0.25) is 0 Å². The zero-order valence-corrected chi connectivity index (χ0v) is 15.7. The standard InChI is InChI=1S/C19H19FN2OS2/c1-3-12(4-2)18(23)22-19-21-15(11-24-19)17-9-8-16(25-17)13-6-5-7-14(20)10-13/h5-12H,3-4H2,1-2H3,(H,21,22,23). The number of anilines is 1. The Morgan fingerprint density at radius 3 is 2.68 bits per heavy atom. The first kappa shape index (κ1) is 17.8. The van der Waals surface area contributed by atoms with Crippen molar-refractivity contribution in [2.24, 2.45) is 5.92 Å². The Labute approximate surface area is 154 Å². The first-order valence-electron chi connectivity index (χ1n) is 8.23. The van der Waals surface area contributed by atoms with Crippen molar-refractivity contribution in [1.82, 2.24) is 4.98 Å². The maximum Gasteiger partial charge on any atom is 0.229 e. The second-order valence-electron chi connectivity index (χ2n) is 5.71. The largest absolute Gasteiger partial charge is 0.302 e. The molecular weight excluding hydrogens is 355 g/mol. The Morgan fingerprint density at radius 2 is 1.96 bits per heavy atom. The van der Waals surface area contributed by atoms with Gasteiger partial charge in [0.05, 0.1) is 10.6 Å². The van der Waals surface area contributed by atoms with Crippen LogP contribution in [0.3, 0.4) is 0 Å². The molecule has 3 rings (SSSR count). The van der Waals surface area contributed by atoms with E-state index in [1.807, 2.05) is 37.4 Å². The maximum atomic E-state index is 13.4. The Hall–Kier alpha value is -2.05. The van der Waals surface area contributed by atoms with Gasteiger partial charge in [0.15, 0.2) is 5.13 Å². The van der Waals surface area contributed by atoms with Crippen molar-refractivity contribution in [3.05, 3.63) is 47.6 Å². The van der Waals surface area contributed by atoms with E-state index >= 15 is 0 Å². The molecule has 0 fully saturated rings. The molecule has 0 saturated carbocycles. The number of nitrogens with zero attached hydrogens (tertiary/aromatic N) is 1. The molecule has 2 heterocycles. The number of nitrogens with one attached hydrogen (secondary N) is 1. The van der Waals surface area contributed by atoms with Crippen molar-refractivity contribution < 1.29 is 9.18 Å². The Morgan fingerprint density at radius 1 is 1.20 bits per heavy atom. The summed E-state index contributed by atoms with van der Waals surface area (Å²) in [5.74, 6) is -0.196. The minimum absolute atomic E-state index is 0.0219. The second-order valence-corrected chi connectivity index (χ2v) is 7.66. The van der Waals surface area contributed by atoms with Gasteiger partial charge in [-0.25, -0.2) is 9.37 Å². The van der Waals surface area contributed by atoms with E-state index < -0.39 is 0 Å². The summed E-state index contributed by atoms with van der Waals surface area (Å²) in [6, 6.07) is 10.5. The second kappa shape index (κ2) is 7.89. The van der Waals surface area contributed by atoms with Crippen LogP contribution in [-0.2, 0) is 4.79 Å². The summed E-state index contributed by atoms with van der Waals surface area (Å²) in [5, 5.41) is 5.46. The highest BCUT2D eigenvalue weighted by Gasteiger charge is 2.16. The third-order valence-corrected chi connectivity index (χ3v) is 5.97. The molecule has 0 unspecified atom stereocenters. The smallest absolute Gasteiger partial charge is 0.229 e. The fraction of sp³-hybridized carbons (Fsp3) is 0.263. The predicted molar refractivity (Wildman–Crippen MR) is 104 cm³/mol. The maximum absolute atomic E-state index is 13.4. The van der Waals surface area contributed by atoms with Gasteiger partial charge in [0.2, 0.25) is 5.91 Å². The number of aromatic nitrogens is 1.